The van der Waals surface area contributed by atoms with Crippen LogP contribution in [0, 0.1) is 0 Å². The summed E-state index contributed by atoms with van der Waals surface area (Å²) in [6, 6.07) is 36.4. The minimum absolute atomic E-state index is 0.00390. The molecule has 364 valence electrons. The van der Waals surface area contributed by atoms with Gasteiger partial charge in [-0.3, -0.25) is 4.79 Å². The molecule has 0 N–H and O–H groups in total. The van der Waals surface area contributed by atoms with Crippen LogP contribution in [0.4, 0.5) is 0 Å². The molecule has 1 aliphatic rings. The largest absolute Gasteiger partial charge is 0.489 e. The van der Waals surface area contributed by atoms with Crippen LogP contribution in [0.2, 0.25) is 0 Å². The average molecular weight is 955 g/mol. The normalized spacial score (nSPS) is 17.4. The molecule has 1 saturated heterocycles. The number of carbonyl (C=O) groups excluding carboxylic acids is 5. The zero-order valence-corrected chi connectivity index (χ0v) is 38.9. The summed E-state index contributed by atoms with van der Waals surface area (Å²) < 4.78 is 54.2. The molecule has 0 radical (unpaired) electrons. The molecule has 1 aromatic heterocycles. The number of benzene rings is 5. The lowest BCUT2D eigenvalue weighted by atomic mass is 9.97. The highest BCUT2D eigenvalue weighted by Crippen LogP contribution is 2.37. The van der Waals surface area contributed by atoms with Crippen LogP contribution in [0.3, 0.4) is 0 Å². The van der Waals surface area contributed by atoms with Crippen molar-refractivity contribution < 1.29 is 66.3 Å². The zero-order valence-electron chi connectivity index (χ0n) is 38.9. The number of hydrogen-bond donors (Lipinski definition) is 0. The molecular formula is C55H54O15. The van der Waals surface area contributed by atoms with Crippen LogP contribution in [-0.4, -0.2) is 73.8 Å². The molecule has 0 amide bonds. The molecule has 0 unspecified atom stereocenters. The smallest absolute Gasteiger partial charge is 0.383 e. The van der Waals surface area contributed by atoms with Gasteiger partial charge in [-0.1, -0.05) is 125 Å². The Kier molecular flexibility index (Phi) is 17.9. The van der Waals surface area contributed by atoms with E-state index in [9.17, 15) is 28.8 Å². The van der Waals surface area contributed by atoms with Crippen molar-refractivity contribution in [1.29, 1.82) is 0 Å². The van der Waals surface area contributed by atoms with Gasteiger partial charge in [-0.25, -0.2) is 24.0 Å². The highest BCUT2D eigenvalue weighted by molar-refractivity contribution is 5.92. The molecule has 1 fully saturated rings. The number of rotatable bonds is 22. The molecule has 7 rings (SSSR count). The summed E-state index contributed by atoms with van der Waals surface area (Å²) in [4.78, 5) is 81.0. The zero-order chi connectivity index (χ0) is 49.2. The van der Waals surface area contributed by atoms with Crippen LogP contribution in [-0.2, 0) is 28.5 Å². The van der Waals surface area contributed by atoms with Crippen molar-refractivity contribution in [3.05, 3.63) is 172 Å². The van der Waals surface area contributed by atoms with Crippen molar-refractivity contribution in [3.63, 3.8) is 0 Å². The van der Waals surface area contributed by atoms with Gasteiger partial charge in [0.1, 0.15) is 24.0 Å². The first-order chi connectivity index (χ1) is 34.1. The van der Waals surface area contributed by atoms with Gasteiger partial charge in [0.05, 0.1) is 34.2 Å². The van der Waals surface area contributed by atoms with Crippen LogP contribution in [0.5, 0.6) is 17.2 Å². The number of fused-ring (bicyclic) bond motifs is 1. The van der Waals surface area contributed by atoms with Gasteiger partial charge in [0.15, 0.2) is 18.0 Å². The fraction of sp³-hybridized carbons (Fsp3) is 0.309. The topological polar surface area (TPSA) is 189 Å². The fourth-order valence-corrected chi connectivity index (χ4v) is 7.75. The third kappa shape index (κ3) is 13.5. The van der Waals surface area contributed by atoms with Gasteiger partial charge in [-0.05, 0) is 67.1 Å². The standard InChI is InChI=1S/C55H54O15/c1-3-4-5-6-7-8-9-22-33-62-45-42-32-31-41(34-43(42)66-54(61)48(45)64-36(2)56)65-55-49(70-53(60)40-29-20-13-21-30-40)47(69-52(59)39-27-18-12-19-28-39)46(68-51(58)38-25-16-11-17-26-38)44(67-55)35-63-50(57)37-23-14-10-15-24-37/h10-21,23-32,34,44,46-47,49,55H,3-9,22,33,35H2,1-2H3/t44-,46+,47+,49-,55-/m1/s1. The van der Waals surface area contributed by atoms with E-state index in [4.69, 9.17) is 42.3 Å². The number of unbranched alkanes of at least 4 members (excludes halogenated alkanes) is 7. The van der Waals surface area contributed by atoms with Crippen LogP contribution < -0.4 is 19.8 Å². The molecule has 0 bridgehead atoms. The lowest BCUT2D eigenvalue weighted by Crippen LogP contribution is -2.63. The third-order valence-corrected chi connectivity index (χ3v) is 11.3. The minimum Gasteiger partial charge on any atom is -0.489 e. The Morgan fingerprint density at radius 2 is 1.03 bits per heavy atom. The van der Waals surface area contributed by atoms with Crippen molar-refractivity contribution in [2.24, 2.45) is 0 Å². The first-order valence-corrected chi connectivity index (χ1v) is 23.3. The van der Waals surface area contributed by atoms with Crippen molar-refractivity contribution in [1.82, 2.24) is 0 Å². The predicted molar refractivity (Wildman–Crippen MR) is 255 cm³/mol. The Balaban J connectivity index is 1.26. The lowest BCUT2D eigenvalue weighted by molar-refractivity contribution is -0.275. The molecule has 6 aromatic rings. The van der Waals surface area contributed by atoms with Gasteiger partial charge in [0, 0.05) is 13.0 Å². The van der Waals surface area contributed by atoms with Gasteiger partial charge in [-0.2, -0.15) is 0 Å². The second kappa shape index (κ2) is 25.0. The van der Waals surface area contributed by atoms with Crippen molar-refractivity contribution >= 4 is 40.8 Å². The molecule has 0 saturated carbocycles. The minimum atomic E-state index is -1.70. The molecule has 1 aliphatic heterocycles. The van der Waals surface area contributed by atoms with E-state index in [1.54, 1.807) is 84.9 Å². The molecule has 5 atom stereocenters. The Bertz CT molecular complexity index is 2740. The Labute approximate surface area is 404 Å². The van der Waals surface area contributed by atoms with Gasteiger partial charge >= 0.3 is 35.5 Å². The first kappa shape index (κ1) is 50.1. The summed E-state index contributed by atoms with van der Waals surface area (Å²) >= 11 is 0. The van der Waals surface area contributed by atoms with E-state index in [1.165, 1.54) is 73.9 Å². The van der Waals surface area contributed by atoms with Crippen molar-refractivity contribution in [2.45, 2.75) is 95.9 Å². The molecule has 0 spiro atoms. The predicted octanol–water partition coefficient (Wildman–Crippen LogP) is 9.88. The fourth-order valence-electron chi connectivity index (χ4n) is 7.75. The van der Waals surface area contributed by atoms with E-state index >= 15 is 0 Å². The van der Waals surface area contributed by atoms with E-state index in [2.05, 4.69) is 6.92 Å². The van der Waals surface area contributed by atoms with Crippen LogP contribution in [0.15, 0.2) is 149 Å². The highest BCUT2D eigenvalue weighted by Gasteiger charge is 2.54. The summed E-state index contributed by atoms with van der Waals surface area (Å²) in [5, 5.41) is 0.271. The third-order valence-electron chi connectivity index (χ3n) is 11.3. The average Bonchev–Trinajstić information content (AvgIpc) is 3.38. The van der Waals surface area contributed by atoms with Gasteiger partial charge < -0.3 is 42.3 Å². The molecule has 2 heterocycles. The van der Waals surface area contributed by atoms with Gasteiger partial charge in [0.2, 0.25) is 12.4 Å². The van der Waals surface area contributed by atoms with Crippen molar-refractivity contribution in [3.8, 4) is 17.2 Å². The van der Waals surface area contributed by atoms with Crippen molar-refractivity contribution in [2.75, 3.05) is 13.2 Å². The van der Waals surface area contributed by atoms with Gasteiger partial charge in [0.25, 0.3) is 5.75 Å². The van der Waals surface area contributed by atoms with E-state index in [1.807, 2.05) is 0 Å². The van der Waals surface area contributed by atoms with E-state index in [-0.39, 0.29) is 51.3 Å². The Morgan fingerprint density at radius 3 is 1.56 bits per heavy atom. The quantitative estimate of drug-likeness (QED) is 0.0270. The van der Waals surface area contributed by atoms with Gasteiger partial charge in [-0.15, -0.1) is 0 Å². The lowest BCUT2D eigenvalue weighted by Gasteiger charge is -2.44. The second-order valence-electron chi connectivity index (χ2n) is 16.5. The van der Waals surface area contributed by atoms with E-state index in [0.717, 1.165) is 32.6 Å². The second-order valence-corrected chi connectivity index (χ2v) is 16.5. The number of carbonyl (C=O) groups is 5. The molecule has 0 aliphatic carbocycles. The molecule has 70 heavy (non-hydrogen) atoms. The molecule has 5 aromatic carbocycles. The van der Waals surface area contributed by atoms with E-state index in [0.29, 0.717) is 6.42 Å². The Hall–Kier alpha value is -7.78. The summed E-state index contributed by atoms with van der Waals surface area (Å²) in [6.45, 7) is 2.97. The SMILES string of the molecule is CCCCCCCCCCOc1c(OC(C)=O)c(=O)oc2cc(O[C@@H]3O[C@H](COC(=O)c4ccccc4)[C@H](OC(=O)c4ccccc4)[C@H](OC(=O)c4ccccc4)[C@H]3OC(=O)c3ccccc3)ccc12. The maximum atomic E-state index is 14.1. The number of hydrogen-bond acceptors (Lipinski definition) is 15. The molecule has 15 heteroatoms. The monoisotopic (exact) mass is 954 g/mol. The molecular weight excluding hydrogens is 901 g/mol. The summed E-state index contributed by atoms with van der Waals surface area (Å²) in [6.07, 6.45) is 0.294. The maximum Gasteiger partial charge on any atom is 0.383 e. The summed E-state index contributed by atoms with van der Waals surface area (Å²) in [5.41, 5.74) is -0.470. The summed E-state index contributed by atoms with van der Waals surface area (Å²) in [5.74, 6) is -4.56. The molecule has 15 nitrogen and oxygen atoms in total. The van der Waals surface area contributed by atoms with Crippen LogP contribution in [0.25, 0.3) is 11.0 Å². The van der Waals surface area contributed by atoms with Crippen LogP contribution >= 0.6 is 0 Å². The highest BCUT2D eigenvalue weighted by atomic mass is 16.7. The number of esters is 5. The first-order valence-electron chi connectivity index (χ1n) is 23.3. The number of ether oxygens (including phenoxy) is 8. The summed E-state index contributed by atoms with van der Waals surface area (Å²) in [7, 11) is 0. The maximum absolute atomic E-state index is 14.1. The van der Waals surface area contributed by atoms with Crippen LogP contribution in [0.1, 0.15) is 107 Å². The van der Waals surface area contributed by atoms with E-state index < -0.39 is 78.5 Å². The Morgan fingerprint density at radius 1 is 0.543 bits per heavy atom.